The van der Waals surface area contributed by atoms with E-state index in [2.05, 4.69) is 5.32 Å². The Labute approximate surface area is 204 Å². The van der Waals surface area contributed by atoms with Gasteiger partial charge in [-0.2, -0.15) is 0 Å². The zero-order chi connectivity index (χ0) is 24.8. The van der Waals surface area contributed by atoms with Gasteiger partial charge in [-0.05, 0) is 42.0 Å². The predicted molar refractivity (Wildman–Crippen MR) is 136 cm³/mol. The van der Waals surface area contributed by atoms with Crippen LogP contribution in [0.15, 0.2) is 75.6 Å². The van der Waals surface area contributed by atoms with E-state index in [1.807, 2.05) is 30.3 Å². The summed E-state index contributed by atoms with van der Waals surface area (Å²) < 4.78 is 3.18. The van der Waals surface area contributed by atoms with Gasteiger partial charge >= 0.3 is 5.69 Å². The van der Waals surface area contributed by atoms with Crippen molar-refractivity contribution in [2.24, 2.45) is 0 Å². The van der Waals surface area contributed by atoms with Gasteiger partial charge in [-0.1, -0.05) is 36.8 Å². The second-order valence-electron chi connectivity index (χ2n) is 8.11. The molecule has 9 nitrogen and oxygen atoms in total. The number of fused-ring (bicyclic) bond motifs is 1. The van der Waals surface area contributed by atoms with Crippen molar-refractivity contribution in [3.8, 4) is 0 Å². The number of unbranched alkanes of at least 4 members (excludes halogenated alkanes) is 2. The molecule has 180 valence electrons. The first-order valence-electron chi connectivity index (χ1n) is 11.2. The molecule has 4 aromatic rings. The molecular weight excluding hydrogens is 468 g/mol. The first-order chi connectivity index (χ1) is 16.9. The lowest BCUT2D eigenvalue weighted by Gasteiger charge is -2.12. The summed E-state index contributed by atoms with van der Waals surface area (Å²) in [6.07, 6.45) is 2.24. The molecule has 2 aromatic carbocycles. The summed E-state index contributed by atoms with van der Waals surface area (Å²) in [6.45, 7) is 0.356. The van der Waals surface area contributed by atoms with E-state index in [0.717, 1.165) is 5.69 Å². The molecule has 2 heterocycles. The van der Waals surface area contributed by atoms with E-state index in [1.165, 1.54) is 32.6 Å². The van der Waals surface area contributed by atoms with Crippen LogP contribution in [0.5, 0.6) is 0 Å². The van der Waals surface area contributed by atoms with Crippen molar-refractivity contribution in [1.82, 2.24) is 9.13 Å². The summed E-state index contributed by atoms with van der Waals surface area (Å²) in [5, 5.41) is 15.7. The lowest BCUT2D eigenvalue weighted by molar-refractivity contribution is -0.384. The molecule has 1 N–H and O–H groups in total. The molecule has 0 saturated heterocycles. The van der Waals surface area contributed by atoms with Crippen LogP contribution >= 0.6 is 11.3 Å². The minimum Gasteiger partial charge on any atom is -0.326 e. The molecule has 0 spiro atoms. The summed E-state index contributed by atoms with van der Waals surface area (Å²) in [5.41, 5.74) is 1.03. The number of nitrogens with zero attached hydrogens (tertiary/aromatic N) is 3. The molecule has 35 heavy (non-hydrogen) atoms. The molecular formula is C25H24N4O5S. The summed E-state index contributed by atoms with van der Waals surface area (Å²) >= 11 is 1.26. The van der Waals surface area contributed by atoms with Crippen LogP contribution in [0.2, 0.25) is 0 Å². The molecule has 4 rings (SSSR count). The number of hydrogen-bond donors (Lipinski definition) is 1. The van der Waals surface area contributed by atoms with Gasteiger partial charge in [0.25, 0.3) is 11.2 Å². The molecule has 0 radical (unpaired) electrons. The number of thiophene rings is 1. The maximum atomic E-state index is 13.2. The first-order valence-corrected chi connectivity index (χ1v) is 12.1. The number of benzene rings is 2. The Hall–Kier alpha value is -4.05. The van der Waals surface area contributed by atoms with Crippen molar-refractivity contribution >= 4 is 38.8 Å². The van der Waals surface area contributed by atoms with Gasteiger partial charge in [0.1, 0.15) is 4.70 Å². The van der Waals surface area contributed by atoms with E-state index in [-0.39, 0.29) is 30.2 Å². The number of carbonyl (C=O) groups is 1. The third kappa shape index (κ3) is 5.72. The van der Waals surface area contributed by atoms with Crippen molar-refractivity contribution in [2.75, 3.05) is 5.32 Å². The number of para-hydroxylation sites is 1. The summed E-state index contributed by atoms with van der Waals surface area (Å²) in [5.74, 6) is -0.0762. The van der Waals surface area contributed by atoms with Gasteiger partial charge in [0, 0.05) is 30.8 Å². The second kappa shape index (κ2) is 10.9. The number of hydrogen-bond acceptors (Lipinski definition) is 6. The standard InChI is InChI=1S/C25H24N4O5S/c30-22(26-19-9-3-1-4-10-19)12-5-2-6-14-27-24(31)23-21(13-15-35-23)28(25(27)32)17-18-8-7-11-20(16-18)29(33)34/h1,3-4,7-11,13,15-16H,2,5-6,12,14,17H2,(H,26,30). The highest BCUT2D eigenvalue weighted by molar-refractivity contribution is 7.17. The zero-order valence-electron chi connectivity index (χ0n) is 18.9. The minimum absolute atomic E-state index is 0.0539. The number of anilines is 1. The average molecular weight is 493 g/mol. The van der Waals surface area contributed by atoms with Crippen LogP contribution in [0, 0.1) is 10.1 Å². The monoisotopic (exact) mass is 492 g/mol. The van der Waals surface area contributed by atoms with E-state index in [4.69, 9.17) is 0 Å². The fraction of sp³-hybridized carbons (Fsp3) is 0.240. The maximum Gasteiger partial charge on any atom is 0.331 e. The van der Waals surface area contributed by atoms with Crippen LogP contribution in [0.3, 0.4) is 0 Å². The molecule has 2 aromatic heterocycles. The third-order valence-corrected chi connectivity index (χ3v) is 6.53. The Morgan fingerprint density at radius 3 is 2.54 bits per heavy atom. The van der Waals surface area contributed by atoms with E-state index >= 15 is 0 Å². The van der Waals surface area contributed by atoms with Gasteiger partial charge in [-0.3, -0.25) is 28.8 Å². The number of rotatable bonds is 10. The van der Waals surface area contributed by atoms with Crippen LogP contribution in [0.25, 0.3) is 10.2 Å². The highest BCUT2D eigenvalue weighted by Crippen LogP contribution is 2.19. The maximum absolute atomic E-state index is 13.2. The summed E-state index contributed by atoms with van der Waals surface area (Å²) in [4.78, 5) is 48.9. The topological polar surface area (TPSA) is 116 Å². The molecule has 10 heteroatoms. The fourth-order valence-electron chi connectivity index (χ4n) is 3.91. The Bertz CT molecular complexity index is 1470. The van der Waals surface area contributed by atoms with E-state index in [9.17, 15) is 24.5 Å². The summed E-state index contributed by atoms with van der Waals surface area (Å²) in [6, 6.07) is 17.1. The van der Waals surface area contributed by atoms with Crippen LogP contribution in [0.4, 0.5) is 11.4 Å². The number of amides is 1. The highest BCUT2D eigenvalue weighted by atomic mass is 32.1. The van der Waals surface area contributed by atoms with Gasteiger partial charge < -0.3 is 5.32 Å². The van der Waals surface area contributed by atoms with E-state index in [0.29, 0.717) is 41.5 Å². The Balaban J connectivity index is 1.44. The predicted octanol–water partition coefficient (Wildman–Crippen LogP) is 4.38. The molecule has 0 saturated carbocycles. The number of aromatic nitrogens is 2. The number of nitro benzene ring substituents is 1. The van der Waals surface area contributed by atoms with Gasteiger partial charge in [-0.25, -0.2) is 4.79 Å². The minimum atomic E-state index is -0.479. The van der Waals surface area contributed by atoms with Crippen molar-refractivity contribution in [2.45, 2.75) is 38.8 Å². The Kier molecular flexibility index (Phi) is 7.51. The molecule has 0 fully saturated rings. The molecule has 0 aliphatic carbocycles. The van der Waals surface area contributed by atoms with Crippen LogP contribution < -0.4 is 16.6 Å². The van der Waals surface area contributed by atoms with Crippen molar-refractivity contribution in [1.29, 1.82) is 0 Å². The van der Waals surface area contributed by atoms with Crippen molar-refractivity contribution in [3.63, 3.8) is 0 Å². The number of nitrogens with one attached hydrogen (secondary N) is 1. The van der Waals surface area contributed by atoms with Crippen LogP contribution in [0.1, 0.15) is 31.2 Å². The second-order valence-corrected chi connectivity index (χ2v) is 9.03. The first kappa shape index (κ1) is 24.1. The zero-order valence-corrected chi connectivity index (χ0v) is 19.7. The Morgan fingerprint density at radius 1 is 0.971 bits per heavy atom. The number of non-ortho nitro benzene ring substituents is 1. The summed E-state index contributed by atoms with van der Waals surface area (Å²) in [7, 11) is 0. The third-order valence-electron chi connectivity index (χ3n) is 5.64. The molecule has 0 aliphatic rings. The van der Waals surface area contributed by atoms with E-state index < -0.39 is 10.6 Å². The van der Waals surface area contributed by atoms with Crippen LogP contribution in [-0.4, -0.2) is 20.0 Å². The van der Waals surface area contributed by atoms with Crippen molar-refractivity contribution in [3.05, 3.63) is 103 Å². The smallest absolute Gasteiger partial charge is 0.326 e. The molecule has 0 unspecified atom stereocenters. The van der Waals surface area contributed by atoms with Gasteiger partial charge in [-0.15, -0.1) is 11.3 Å². The SMILES string of the molecule is O=C(CCCCCn1c(=O)c2sccc2n(Cc2cccc([N+](=O)[O-])c2)c1=O)Nc1ccccc1. The molecule has 1 amide bonds. The van der Waals surface area contributed by atoms with Crippen molar-refractivity contribution < 1.29 is 9.72 Å². The van der Waals surface area contributed by atoms with Gasteiger partial charge in [0.15, 0.2) is 0 Å². The number of carbonyl (C=O) groups excluding carboxylic acids is 1. The number of nitro groups is 1. The lowest BCUT2D eigenvalue weighted by Crippen LogP contribution is -2.39. The van der Waals surface area contributed by atoms with Crippen LogP contribution in [-0.2, 0) is 17.9 Å². The highest BCUT2D eigenvalue weighted by Gasteiger charge is 2.15. The molecule has 0 atom stereocenters. The average Bonchev–Trinajstić information content (AvgIpc) is 3.34. The Morgan fingerprint density at radius 2 is 1.77 bits per heavy atom. The normalized spacial score (nSPS) is 11.0. The largest absolute Gasteiger partial charge is 0.331 e. The van der Waals surface area contributed by atoms with Gasteiger partial charge in [0.2, 0.25) is 5.91 Å². The quantitative estimate of drug-likeness (QED) is 0.200. The lowest BCUT2D eigenvalue weighted by atomic mass is 10.2. The molecule has 0 aliphatic heterocycles. The van der Waals surface area contributed by atoms with E-state index in [1.54, 1.807) is 23.6 Å². The molecule has 0 bridgehead atoms. The van der Waals surface area contributed by atoms with Gasteiger partial charge in [0.05, 0.1) is 17.0 Å². The fourth-order valence-corrected chi connectivity index (χ4v) is 4.75.